The number of ether oxygens (including phenoxy) is 2. The summed E-state index contributed by atoms with van der Waals surface area (Å²) >= 11 is 0. The van der Waals surface area contributed by atoms with E-state index < -0.39 is 40.9 Å². The number of hydrogen-bond acceptors (Lipinski definition) is 2. The highest BCUT2D eigenvalue weighted by Gasteiger charge is 2.31. The summed E-state index contributed by atoms with van der Waals surface area (Å²) in [5.41, 5.74) is 2.17. The van der Waals surface area contributed by atoms with Gasteiger partial charge in [0.05, 0.1) is 13.2 Å². The first-order chi connectivity index (χ1) is 21.2. The van der Waals surface area contributed by atoms with Crippen LogP contribution in [0.15, 0.2) is 72.1 Å². The summed E-state index contributed by atoms with van der Waals surface area (Å²) in [6, 6.07) is 12.1. The SMILES string of the molecule is CCC[C@H]1CC[C@H](C2COc3ccc(-c4cc(F)c(F)c(F)c4)cc3-c3cc(C4C=C(F)C(F)=C(F)C4)ccc3OC2)CC1. The summed E-state index contributed by atoms with van der Waals surface area (Å²) in [6.45, 7) is 3.03. The van der Waals surface area contributed by atoms with Gasteiger partial charge in [-0.15, -0.1) is 0 Å². The van der Waals surface area contributed by atoms with Gasteiger partial charge < -0.3 is 9.47 Å². The van der Waals surface area contributed by atoms with Crippen LogP contribution in [-0.4, -0.2) is 13.2 Å². The third-order valence-corrected chi connectivity index (χ3v) is 9.37. The Morgan fingerprint density at radius 2 is 1.34 bits per heavy atom. The monoisotopic (exact) mass is 612 g/mol. The molecule has 0 saturated heterocycles. The largest absolute Gasteiger partial charge is 0.493 e. The van der Waals surface area contributed by atoms with Crippen LogP contribution in [0.1, 0.15) is 63.4 Å². The highest BCUT2D eigenvalue weighted by Crippen LogP contribution is 2.45. The van der Waals surface area contributed by atoms with Gasteiger partial charge in [0.25, 0.3) is 0 Å². The fourth-order valence-electron chi connectivity index (χ4n) is 6.89. The van der Waals surface area contributed by atoms with E-state index >= 15 is 0 Å². The van der Waals surface area contributed by atoms with Crippen molar-refractivity contribution < 1.29 is 35.8 Å². The summed E-state index contributed by atoms with van der Waals surface area (Å²) in [6.07, 6.45) is 7.68. The first kappa shape index (κ1) is 30.4. The lowest BCUT2D eigenvalue weighted by Crippen LogP contribution is -2.30. The smallest absolute Gasteiger partial charge is 0.194 e. The molecule has 2 atom stereocenters. The molecule has 0 bridgehead atoms. The van der Waals surface area contributed by atoms with Gasteiger partial charge in [0, 0.05) is 29.4 Å². The van der Waals surface area contributed by atoms with E-state index in [0.29, 0.717) is 52.9 Å². The van der Waals surface area contributed by atoms with Gasteiger partial charge in [-0.3, -0.25) is 0 Å². The van der Waals surface area contributed by atoms with Gasteiger partial charge in [-0.1, -0.05) is 44.7 Å². The molecule has 3 aliphatic rings. The Hall–Kier alpha value is -3.68. The van der Waals surface area contributed by atoms with Crippen LogP contribution in [0.4, 0.5) is 26.3 Å². The molecule has 6 rings (SSSR count). The Bertz CT molecular complexity index is 1580. The molecule has 1 fully saturated rings. The number of benzene rings is 3. The van der Waals surface area contributed by atoms with Gasteiger partial charge in [-0.2, -0.15) is 0 Å². The topological polar surface area (TPSA) is 18.5 Å². The minimum absolute atomic E-state index is 0.119. The fourth-order valence-corrected chi connectivity index (χ4v) is 6.89. The summed E-state index contributed by atoms with van der Waals surface area (Å²) in [4.78, 5) is 0. The molecule has 44 heavy (non-hydrogen) atoms. The molecule has 3 aromatic rings. The summed E-state index contributed by atoms with van der Waals surface area (Å²) in [5.74, 6) is -6.50. The van der Waals surface area contributed by atoms with Crippen molar-refractivity contribution in [3.05, 3.63) is 95.1 Å². The number of halogens is 6. The zero-order valence-corrected chi connectivity index (χ0v) is 24.5. The molecule has 1 aliphatic heterocycles. The maximum absolute atomic E-state index is 14.2. The molecule has 8 heteroatoms. The molecular formula is C36H34F6O2. The lowest BCUT2D eigenvalue weighted by Gasteiger charge is -2.33. The van der Waals surface area contributed by atoms with E-state index in [1.807, 2.05) is 0 Å². The quantitative estimate of drug-likeness (QED) is 0.211. The summed E-state index contributed by atoms with van der Waals surface area (Å²) < 4.78 is 97.1. The van der Waals surface area contributed by atoms with E-state index in [-0.39, 0.29) is 17.9 Å². The second-order valence-corrected chi connectivity index (χ2v) is 12.2. The zero-order valence-electron chi connectivity index (χ0n) is 24.5. The Balaban J connectivity index is 1.40. The van der Waals surface area contributed by atoms with Crippen molar-refractivity contribution in [3.63, 3.8) is 0 Å². The van der Waals surface area contributed by atoms with E-state index in [4.69, 9.17) is 9.47 Å². The van der Waals surface area contributed by atoms with Gasteiger partial charge in [-0.25, -0.2) is 26.3 Å². The first-order valence-corrected chi connectivity index (χ1v) is 15.3. The van der Waals surface area contributed by atoms with Crippen LogP contribution in [0, 0.1) is 35.2 Å². The molecule has 0 radical (unpaired) electrons. The third kappa shape index (κ3) is 6.13. The molecule has 232 valence electrons. The van der Waals surface area contributed by atoms with Crippen molar-refractivity contribution in [1.82, 2.24) is 0 Å². The standard InChI is InChI=1S/C36H34F6O2/c1-2-3-20-4-6-21(7-5-20)26-18-43-33-10-8-22(24-14-29(37)35(41)30(38)15-24)12-27(33)28-13-23(9-11-34(28)44-19-26)25-16-31(39)36(42)32(40)17-25/h8-16,20-21,25-26H,2-7,17-19H2,1H3/t20-,21-,25?,26?. The van der Waals surface area contributed by atoms with Crippen LogP contribution in [-0.2, 0) is 0 Å². The molecule has 3 aromatic carbocycles. The van der Waals surface area contributed by atoms with Gasteiger partial charge in [0.1, 0.15) is 17.3 Å². The average Bonchev–Trinajstić information content (AvgIpc) is 3.10. The van der Waals surface area contributed by atoms with Crippen LogP contribution in [0.25, 0.3) is 22.3 Å². The van der Waals surface area contributed by atoms with Crippen molar-refractivity contribution in [2.45, 2.75) is 57.8 Å². The third-order valence-electron chi connectivity index (χ3n) is 9.37. The van der Waals surface area contributed by atoms with Crippen LogP contribution >= 0.6 is 0 Å². The van der Waals surface area contributed by atoms with Crippen LogP contribution < -0.4 is 9.47 Å². The van der Waals surface area contributed by atoms with Crippen molar-refractivity contribution in [1.29, 1.82) is 0 Å². The molecule has 0 N–H and O–H groups in total. The van der Waals surface area contributed by atoms with E-state index in [2.05, 4.69) is 6.92 Å². The Kier molecular flexibility index (Phi) is 8.79. The minimum atomic E-state index is -1.55. The highest BCUT2D eigenvalue weighted by molar-refractivity contribution is 5.81. The Labute approximate surface area is 253 Å². The molecule has 1 heterocycles. The van der Waals surface area contributed by atoms with Crippen molar-refractivity contribution >= 4 is 0 Å². The normalized spacial score (nSPS) is 23.8. The summed E-state index contributed by atoms with van der Waals surface area (Å²) in [7, 11) is 0. The Morgan fingerprint density at radius 3 is 1.98 bits per heavy atom. The maximum Gasteiger partial charge on any atom is 0.194 e. The van der Waals surface area contributed by atoms with E-state index in [1.165, 1.54) is 25.7 Å². The van der Waals surface area contributed by atoms with E-state index in [9.17, 15) is 26.3 Å². The Morgan fingerprint density at radius 1 is 0.705 bits per heavy atom. The van der Waals surface area contributed by atoms with Crippen molar-refractivity contribution in [3.8, 4) is 33.8 Å². The summed E-state index contributed by atoms with van der Waals surface area (Å²) in [5, 5.41) is 0. The lowest BCUT2D eigenvalue weighted by atomic mass is 9.75. The molecule has 2 nitrogen and oxygen atoms in total. The van der Waals surface area contributed by atoms with Crippen LogP contribution in [0.3, 0.4) is 0 Å². The molecule has 2 aliphatic carbocycles. The van der Waals surface area contributed by atoms with Gasteiger partial charge in [0.2, 0.25) is 0 Å². The molecule has 0 amide bonds. The van der Waals surface area contributed by atoms with E-state index in [1.54, 1.807) is 36.4 Å². The first-order valence-electron chi connectivity index (χ1n) is 15.3. The van der Waals surface area contributed by atoms with Gasteiger partial charge in [-0.05, 0) is 83.8 Å². The average molecular weight is 613 g/mol. The number of fused-ring (bicyclic) bond motifs is 3. The van der Waals surface area contributed by atoms with Crippen LogP contribution in [0.5, 0.6) is 11.5 Å². The van der Waals surface area contributed by atoms with Crippen molar-refractivity contribution in [2.75, 3.05) is 13.2 Å². The second-order valence-electron chi connectivity index (χ2n) is 12.2. The van der Waals surface area contributed by atoms with E-state index in [0.717, 1.165) is 37.0 Å². The fraction of sp³-hybridized carbons (Fsp3) is 0.389. The van der Waals surface area contributed by atoms with Gasteiger partial charge >= 0.3 is 0 Å². The number of allylic oxidation sites excluding steroid dienone is 4. The molecule has 1 saturated carbocycles. The second kappa shape index (κ2) is 12.7. The molecule has 2 unspecified atom stereocenters. The lowest BCUT2D eigenvalue weighted by molar-refractivity contribution is 0.0982. The maximum atomic E-state index is 14.2. The molecular weight excluding hydrogens is 578 g/mol. The number of hydrogen-bond donors (Lipinski definition) is 0. The predicted molar refractivity (Wildman–Crippen MR) is 158 cm³/mol. The minimum Gasteiger partial charge on any atom is -0.493 e. The predicted octanol–water partition coefficient (Wildman–Crippen LogP) is 10.9. The zero-order chi connectivity index (χ0) is 31.0. The molecule has 0 aromatic heterocycles. The highest BCUT2D eigenvalue weighted by atomic mass is 19.2. The number of rotatable bonds is 5. The van der Waals surface area contributed by atoms with Crippen molar-refractivity contribution in [2.24, 2.45) is 17.8 Å². The van der Waals surface area contributed by atoms with Crippen LogP contribution in [0.2, 0.25) is 0 Å². The van der Waals surface area contributed by atoms with Gasteiger partial charge in [0.15, 0.2) is 29.1 Å². The molecule has 0 spiro atoms.